The van der Waals surface area contributed by atoms with E-state index in [1.807, 2.05) is 37.3 Å². The zero-order valence-corrected chi connectivity index (χ0v) is 16.6. The van der Waals surface area contributed by atoms with Gasteiger partial charge < -0.3 is 15.0 Å². The number of fused-ring (bicyclic) bond motifs is 1. The Hall–Kier alpha value is -2.15. The fourth-order valence-electron chi connectivity index (χ4n) is 3.58. The van der Waals surface area contributed by atoms with Crippen molar-refractivity contribution in [3.8, 4) is 0 Å². The molecule has 3 aromatic rings. The Morgan fingerprint density at radius 1 is 1.30 bits per heavy atom. The number of carbonyl (C=O) groups excluding carboxylic acids is 1. The zero-order chi connectivity index (χ0) is 18.8. The molecule has 1 aliphatic rings. The fraction of sp³-hybridized carbons (Fsp3) is 0.381. The quantitative estimate of drug-likeness (QED) is 0.703. The van der Waals surface area contributed by atoms with Crippen LogP contribution in [0.4, 0.5) is 0 Å². The third kappa shape index (κ3) is 3.93. The number of benzene rings is 1. The van der Waals surface area contributed by atoms with Gasteiger partial charge in [-0.1, -0.05) is 30.3 Å². The Bertz CT molecular complexity index is 926. The van der Waals surface area contributed by atoms with E-state index in [4.69, 9.17) is 4.74 Å². The van der Waals surface area contributed by atoms with Gasteiger partial charge in [0.2, 0.25) is 0 Å². The zero-order valence-electron chi connectivity index (χ0n) is 15.7. The van der Waals surface area contributed by atoms with Crippen LogP contribution in [0, 0.1) is 6.92 Å². The van der Waals surface area contributed by atoms with Gasteiger partial charge in [0.15, 0.2) is 0 Å². The SMILES string of the molecule is Cc1cc2[nH]c(C(=O)N[C@H](C)c3ccccc3)c(CN3CCOCC3)c2s1. The van der Waals surface area contributed by atoms with E-state index in [0.29, 0.717) is 5.69 Å². The number of hydrogen-bond donors (Lipinski definition) is 2. The largest absolute Gasteiger partial charge is 0.379 e. The second-order valence-corrected chi connectivity index (χ2v) is 8.33. The lowest BCUT2D eigenvalue weighted by Gasteiger charge is -2.26. The predicted molar refractivity (Wildman–Crippen MR) is 109 cm³/mol. The smallest absolute Gasteiger partial charge is 0.268 e. The van der Waals surface area contributed by atoms with E-state index in [-0.39, 0.29) is 11.9 Å². The highest BCUT2D eigenvalue weighted by Gasteiger charge is 2.23. The van der Waals surface area contributed by atoms with Gasteiger partial charge in [0.25, 0.3) is 5.91 Å². The van der Waals surface area contributed by atoms with Crippen LogP contribution >= 0.6 is 11.3 Å². The number of aryl methyl sites for hydroxylation is 1. The summed E-state index contributed by atoms with van der Waals surface area (Å²) in [5, 5.41) is 3.15. The molecule has 1 atom stereocenters. The van der Waals surface area contributed by atoms with Crippen LogP contribution in [0.3, 0.4) is 0 Å². The minimum absolute atomic E-state index is 0.0435. The Kier molecular flexibility index (Phi) is 5.29. The first kappa shape index (κ1) is 18.2. The molecule has 1 saturated heterocycles. The molecule has 4 rings (SSSR count). The number of aromatic amines is 1. The summed E-state index contributed by atoms with van der Waals surface area (Å²) in [7, 11) is 0. The number of ether oxygens (including phenoxy) is 1. The lowest BCUT2D eigenvalue weighted by Crippen LogP contribution is -2.36. The topological polar surface area (TPSA) is 57.4 Å². The lowest BCUT2D eigenvalue weighted by molar-refractivity contribution is 0.0342. The highest BCUT2D eigenvalue weighted by Crippen LogP contribution is 2.32. The normalized spacial score (nSPS) is 16.5. The Morgan fingerprint density at radius 2 is 2.04 bits per heavy atom. The number of nitrogens with one attached hydrogen (secondary N) is 2. The van der Waals surface area contributed by atoms with Crippen molar-refractivity contribution < 1.29 is 9.53 Å². The van der Waals surface area contributed by atoms with E-state index in [1.165, 1.54) is 9.58 Å². The van der Waals surface area contributed by atoms with Crippen molar-refractivity contribution in [3.05, 3.63) is 58.1 Å². The van der Waals surface area contributed by atoms with Crippen LogP contribution in [0.5, 0.6) is 0 Å². The predicted octanol–water partition coefficient (Wildman–Crippen LogP) is 3.86. The number of nitrogens with zero attached hydrogens (tertiary/aromatic N) is 1. The Balaban J connectivity index is 1.60. The molecule has 5 nitrogen and oxygen atoms in total. The molecule has 0 spiro atoms. The summed E-state index contributed by atoms with van der Waals surface area (Å²) in [5.74, 6) is -0.0457. The number of morpholine rings is 1. The van der Waals surface area contributed by atoms with Crippen LogP contribution in [0.15, 0.2) is 36.4 Å². The summed E-state index contributed by atoms with van der Waals surface area (Å²) in [6.07, 6.45) is 0. The van der Waals surface area contributed by atoms with E-state index in [1.54, 1.807) is 11.3 Å². The molecule has 1 aromatic carbocycles. The number of H-pyrrole nitrogens is 1. The monoisotopic (exact) mass is 383 g/mol. The molecule has 6 heteroatoms. The molecule has 0 radical (unpaired) electrons. The lowest BCUT2D eigenvalue weighted by atomic mass is 10.1. The van der Waals surface area contributed by atoms with Crippen molar-refractivity contribution in [1.29, 1.82) is 0 Å². The number of carbonyl (C=O) groups is 1. The van der Waals surface area contributed by atoms with Crippen LogP contribution in [-0.2, 0) is 11.3 Å². The van der Waals surface area contributed by atoms with Gasteiger partial charge in [-0.25, -0.2) is 0 Å². The molecule has 3 heterocycles. The molecule has 2 aromatic heterocycles. The fourth-order valence-corrected chi connectivity index (χ4v) is 4.58. The minimum Gasteiger partial charge on any atom is -0.379 e. The average Bonchev–Trinajstić information content (AvgIpc) is 3.20. The molecule has 1 aliphatic heterocycles. The van der Waals surface area contributed by atoms with Crippen molar-refractivity contribution >= 4 is 27.5 Å². The van der Waals surface area contributed by atoms with Gasteiger partial charge in [-0.15, -0.1) is 11.3 Å². The van der Waals surface area contributed by atoms with Crippen LogP contribution in [0.1, 0.15) is 39.5 Å². The first-order valence-corrected chi connectivity index (χ1v) is 10.2. The van der Waals surface area contributed by atoms with Crippen LogP contribution in [0.2, 0.25) is 0 Å². The molecule has 0 bridgehead atoms. The van der Waals surface area contributed by atoms with Gasteiger partial charge in [0.05, 0.1) is 29.5 Å². The number of rotatable bonds is 5. The third-order valence-corrected chi connectivity index (χ3v) is 6.16. The number of amides is 1. The second-order valence-electron chi connectivity index (χ2n) is 7.07. The summed E-state index contributed by atoms with van der Waals surface area (Å²) < 4.78 is 6.65. The molecule has 27 heavy (non-hydrogen) atoms. The minimum atomic E-state index is -0.0457. The molecule has 2 N–H and O–H groups in total. The molecule has 0 saturated carbocycles. The van der Waals surface area contributed by atoms with Gasteiger partial charge in [-0.2, -0.15) is 0 Å². The first-order valence-electron chi connectivity index (χ1n) is 9.38. The van der Waals surface area contributed by atoms with E-state index in [2.05, 4.69) is 28.2 Å². The van der Waals surface area contributed by atoms with Crippen LogP contribution in [0.25, 0.3) is 10.2 Å². The van der Waals surface area contributed by atoms with Crippen LogP contribution in [-0.4, -0.2) is 42.1 Å². The molecule has 1 fully saturated rings. The van der Waals surface area contributed by atoms with E-state index < -0.39 is 0 Å². The maximum absolute atomic E-state index is 13.1. The molecular formula is C21H25N3O2S. The first-order chi connectivity index (χ1) is 13.1. The summed E-state index contributed by atoms with van der Waals surface area (Å²) in [4.78, 5) is 20.0. The highest BCUT2D eigenvalue weighted by molar-refractivity contribution is 7.19. The van der Waals surface area contributed by atoms with Crippen molar-refractivity contribution in [2.45, 2.75) is 26.4 Å². The van der Waals surface area contributed by atoms with E-state index in [9.17, 15) is 4.79 Å². The molecule has 1 amide bonds. The van der Waals surface area contributed by atoms with Crippen LogP contribution < -0.4 is 5.32 Å². The summed E-state index contributed by atoms with van der Waals surface area (Å²) in [6.45, 7) is 8.20. The van der Waals surface area contributed by atoms with Gasteiger partial charge >= 0.3 is 0 Å². The van der Waals surface area contributed by atoms with E-state index in [0.717, 1.165) is 49.5 Å². The second kappa shape index (κ2) is 7.84. The summed E-state index contributed by atoms with van der Waals surface area (Å²) in [5.41, 5.74) is 3.94. The average molecular weight is 384 g/mol. The maximum Gasteiger partial charge on any atom is 0.268 e. The van der Waals surface area contributed by atoms with Crippen molar-refractivity contribution in [3.63, 3.8) is 0 Å². The van der Waals surface area contributed by atoms with Crippen molar-refractivity contribution in [2.24, 2.45) is 0 Å². The molecule has 0 unspecified atom stereocenters. The highest BCUT2D eigenvalue weighted by atomic mass is 32.1. The Morgan fingerprint density at radius 3 is 2.78 bits per heavy atom. The maximum atomic E-state index is 13.1. The summed E-state index contributed by atoms with van der Waals surface area (Å²) in [6, 6.07) is 12.1. The molecule has 0 aliphatic carbocycles. The van der Waals surface area contributed by atoms with Crippen molar-refractivity contribution in [1.82, 2.24) is 15.2 Å². The molecule has 142 valence electrons. The van der Waals surface area contributed by atoms with Gasteiger partial charge in [-0.3, -0.25) is 9.69 Å². The number of thiophene rings is 1. The third-order valence-electron chi connectivity index (χ3n) is 5.05. The van der Waals surface area contributed by atoms with Gasteiger partial charge in [0.1, 0.15) is 5.69 Å². The van der Waals surface area contributed by atoms with E-state index >= 15 is 0 Å². The standard InChI is InChI=1S/C21H25N3O2S/c1-14-12-18-20(27-14)17(13-24-8-10-26-11-9-24)19(23-18)21(25)22-15(2)16-6-4-3-5-7-16/h3-7,12,15,23H,8-11,13H2,1-2H3,(H,22,25)/t15-/m1/s1. The Labute approximate surface area is 163 Å². The number of hydrogen-bond acceptors (Lipinski definition) is 4. The molecular weight excluding hydrogens is 358 g/mol. The van der Waals surface area contributed by atoms with Gasteiger partial charge in [0, 0.05) is 30.1 Å². The van der Waals surface area contributed by atoms with Gasteiger partial charge in [-0.05, 0) is 25.5 Å². The summed E-state index contributed by atoms with van der Waals surface area (Å²) >= 11 is 1.75. The number of aromatic nitrogens is 1. The van der Waals surface area contributed by atoms with Crippen molar-refractivity contribution in [2.75, 3.05) is 26.3 Å².